The van der Waals surface area contributed by atoms with Crippen molar-refractivity contribution in [1.82, 2.24) is 19.9 Å². The number of hydrogen-bond acceptors (Lipinski definition) is 6. The zero-order valence-corrected chi connectivity index (χ0v) is 15.6. The van der Waals surface area contributed by atoms with Crippen molar-refractivity contribution in [2.24, 2.45) is 5.92 Å². The van der Waals surface area contributed by atoms with E-state index in [1.165, 1.54) is 12.3 Å². The van der Waals surface area contributed by atoms with Gasteiger partial charge in [0.15, 0.2) is 5.82 Å². The Balaban J connectivity index is 1.54. The van der Waals surface area contributed by atoms with Gasteiger partial charge in [-0.15, -0.1) is 0 Å². The van der Waals surface area contributed by atoms with Gasteiger partial charge < -0.3 is 14.6 Å². The average molecular weight is 394 g/mol. The number of anilines is 1. The number of aromatic nitrogens is 3. The fourth-order valence-corrected chi connectivity index (χ4v) is 3.87. The van der Waals surface area contributed by atoms with Gasteiger partial charge in [-0.05, 0) is 18.4 Å². The van der Waals surface area contributed by atoms with E-state index in [-0.39, 0.29) is 10.8 Å². The smallest absolute Gasteiger partial charge is 0.272 e. The summed E-state index contributed by atoms with van der Waals surface area (Å²) in [5, 5.41) is 0.0697. The van der Waals surface area contributed by atoms with Gasteiger partial charge in [-0.1, -0.05) is 11.6 Å². The van der Waals surface area contributed by atoms with E-state index >= 15 is 0 Å². The molecule has 9 heteroatoms. The lowest BCUT2D eigenvalue weighted by Gasteiger charge is -2.29. The Labute approximate surface area is 161 Å². The minimum absolute atomic E-state index is 0.0697. The Hall–Kier alpha value is -2.03. The van der Waals surface area contributed by atoms with Gasteiger partial charge in [-0.3, -0.25) is 9.69 Å². The molecule has 0 radical (unpaired) electrons. The summed E-state index contributed by atoms with van der Waals surface area (Å²) < 4.78 is 18.8. The molecule has 2 saturated heterocycles. The maximum absolute atomic E-state index is 13.4. The summed E-state index contributed by atoms with van der Waals surface area (Å²) >= 11 is 6.24. The summed E-state index contributed by atoms with van der Waals surface area (Å²) in [4.78, 5) is 27.4. The number of morpholine rings is 1. The summed E-state index contributed by atoms with van der Waals surface area (Å²) in [6.45, 7) is 6.06. The van der Waals surface area contributed by atoms with Crippen molar-refractivity contribution >= 4 is 17.4 Å². The molecule has 1 atom stereocenters. The van der Waals surface area contributed by atoms with Crippen LogP contribution >= 0.6 is 11.6 Å². The highest BCUT2D eigenvalue weighted by Gasteiger charge is 2.28. The van der Waals surface area contributed by atoms with Crippen molar-refractivity contribution in [2.75, 3.05) is 50.8 Å². The highest BCUT2D eigenvalue weighted by Crippen LogP contribution is 2.28. The SMILES string of the molecule is O=c1[nH]c(-c2ccnc(F)c2)nc(N2CCC(CN3CCOCC3)C2)c1Cl. The average Bonchev–Trinajstić information content (AvgIpc) is 3.13. The summed E-state index contributed by atoms with van der Waals surface area (Å²) in [6.07, 6.45) is 2.36. The van der Waals surface area contributed by atoms with Crippen LogP contribution in [-0.4, -0.2) is 65.8 Å². The first kappa shape index (κ1) is 18.3. The van der Waals surface area contributed by atoms with Crippen molar-refractivity contribution in [3.63, 3.8) is 0 Å². The first-order chi connectivity index (χ1) is 13.1. The molecular weight excluding hydrogens is 373 g/mol. The van der Waals surface area contributed by atoms with Gasteiger partial charge in [0.2, 0.25) is 5.95 Å². The Morgan fingerprint density at radius 1 is 1.33 bits per heavy atom. The number of rotatable bonds is 4. The fourth-order valence-electron chi connectivity index (χ4n) is 3.67. The van der Waals surface area contributed by atoms with E-state index in [1.54, 1.807) is 6.07 Å². The zero-order valence-electron chi connectivity index (χ0n) is 14.8. The molecule has 0 spiro atoms. The van der Waals surface area contributed by atoms with Crippen LogP contribution in [0.2, 0.25) is 5.02 Å². The van der Waals surface area contributed by atoms with Crippen molar-refractivity contribution in [3.8, 4) is 11.4 Å². The van der Waals surface area contributed by atoms with E-state index in [9.17, 15) is 9.18 Å². The second kappa shape index (κ2) is 7.92. The summed E-state index contributed by atoms with van der Waals surface area (Å²) in [6, 6.07) is 2.84. The Morgan fingerprint density at radius 3 is 2.93 bits per heavy atom. The minimum Gasteiger partial charge on any atom is -0.379 e. The number of pyridine rings is 1. The van der Waals surface area contributed by atoms with Crippen molar-refractivity contribution < 1.29 is 9.13 Å². The third kappa shape index (κ3) is 4.12. The number of nitrogens with zero attached hydrogens (tertiary/aromatic N) is 4. The molecule has 0 bridgehead atoms. The molecule has 0 aliphatic carbocycles. The monoisotopic (exact) mass is 393 g/mol. The number of ether oxygens (including phenoxy) is 1. The van der Waals surface area contributed by atoms with Crippen LogP contribution in [0, 0.1) is 11.9 Å². The molecule has 27 heavy (non-hydrogen) atoms. The van der Waals surface area contributed by atoms with E-state index < -0.39 is 11.5 Å². The first-order valence-electron chi connectivity index (χ1n) is 9.07. The van der Waals surface area contributed by atoms with Gasteiger partial charge in [-0.25, -0.2) is 9.97 Å². The zero-order chi connectivity index (χ0) is 18.8. The number of hydrogen-bond donors (Lipinski definition) is 1. The Kier molecular flexibility index (Phi) is 5.38. The predicted molar refractivity (Wildman–Crippen MR) is 101 cm³/mol. The van der Waals surface area contributed by atoms with E-state index in [1.807, 2.05) is 4.90 Å². The lowest BCUT2D eigenvalue weighted by atomic mass is 10.1. The predicted octanol–water partition coefficient (Wildman–Crippen LogP) is 1.78. The molecule has 0 aromatic carbocycles. The maximum atomic E-state index is 13.4. The Morgan fingerprint density at radius 2 is 2.15 bits per heavy atom. The van der Waals surface area contributed by atoms with Crippen LogP contribution in [0.1, 0.15) is 6.42 Å². The van der Waals surface area contributed by atoms with Gasteiger partial charge in [0, 0.05) is 50.6 Å². The standard InChI is InChI=1S/C18H21ClFN5O2/c19-15-17(22-16(23-18(15)26)13-1-3-21-14(20)9-13)25-4-2-12(11-25)10-24-5-7-27-8-6-24/h1,3,9,12H,2,4-8,10-11H2,(H,22,23,26). The van der Waals surface area contributed by atoms with Crippen LogP contribution in [0.15, 0.2) is 23.1 Å². The van der Waals surface area contributed by atoms with E-state index in [0.29, 0.717) is 17.3 Å². The fraction of sp³-hybridized carbons (Fsp3) is 0.500. The molecular formula is C18H21ClFN5O2. The molecule has 0 amide bonds. The second-order valence-electron chi connectivity index (χ2n) is 6.93. The molecule has 2 fully saturated rings. The van der Waals surface area contributed by atoms with Crippen LogP contribution in [0.5, 0.6) is 0 Å². The molecule has 144 valence electrons. The molecule has 2 aromatic rings. The van der Waals surface area contributed by atoms with Gasteiger partial charge in [-0.2, -0.15) is 4.39 Å². The molecule has 4 rings (SSSR count). The normalized spacial score (nSPS) is 21.0. The maximum Gasteiger partial charge on any atom is 0.272 e. The van der Waals surface area contributed by atoms with Crippen LogP contribution in [0.3, 0.4) is 0 Å². The Bertz CT molecular complexity index is 871. The van der Waals surface area contributed by atoms with Gasteiger partial charge >= 0.3 is 0 Å². The lowest BCUT2D eigenvalue weighted by molar-refractivity contribution is 0.0320. The minimum atomic E-state index is -0.626. The number of aromatic amines is 1. The van der Waals surface area contributed by atoms with Crippen LogP contribution in [0.4, 0.5) is 10.2 Å². The largest absolute Gasteiger partial charge is 0.379 e. The molecule has 2 aromatic heterocycles. The summed E-state index contributed by atoms with van der Waals surface area (Å²) in [7, 11) is 0. The van der Waals surface area contributed by atoms with Gasteiger partial charge in [0.1, 0.15) is 10.8 Å². The molecule has 2 aliphatic heterocycles. The number of nitrogens with one attached hydrogen (secondary N) is 1. The van der Waals surface area contributed by atoms with Crippen LogP contribution in [0.25, 0.3) is 11.4 Å². The lowest BCUT2D eigenvalue weighted by Crippen LogP contribution is -2.40. The van der Waals surface area contributed by atoms with Crippen molar-refractivity contribution in [3.05, 3.63) is 39.7 Å². The van der Waals surface area contributed by atoms with Gasteiger partial charge in [0.05, 0.1) is 13.2 Å². The molecule has 0 saturated carbocycles. The van der Waals surface area contributed by atoms with Crippen LogP contribution < -0.4 is 10.5 Å². The first-order valence-corrected chi connectivity index (χ1v) is 9.45. The second-order valence-corrected chi connectivity index (χ2v) is 7.31. The molecule has 2 aliphatic rings. The molecule has 7 nitrogen and oxygen atoms in total. The summed E-state index contributed by atoms with van der Waals surface area (Å²) in [5.41, 5.74) is 0.0343. The quantitative estimate of drug-likeness (QED) is 0.798. The highest BCUT2D eigenvalue weighted by atomic mass is 35.5. The third-order valence-electron chi connectivity index (χ3n) is 5.05. The van der Waals surface area contributed by atoms with E-state index in [0.717, 1.165) is 52.4 Å². The molecule has 1 unspecified atom stereocenters. The highest BCUT2D eigenvalue weighted by molar-refractivity contribution is 6.32. The van der Waals surface area contributed by atoms with E-state index in [4.69, 9.17) is 16.3 Å². The van der Waals surface area contributed by atoms with Crippen LogP contribution in [-0.2, 0) is 4.74 Å². The third-order valence-corrected chi connectivity index (χ3v) is 5.39. The van der Waals surface area contributed by atoms with Gasteiger partial charge in [0.25, 0.3) is 5.56 Å². The van der Waals surface area contributed by atoms with Crippen molar-refractivity contribution in [1.29, 1.82) is 0 Å². The number of halogens is 2. The molecule has 1 N–H and O–H groups in total. The number of H-pyrrole nitrogens is 1. The summed E-state index contributed by atoms with van der Waals surface area (Å²) in [5.74, 6) is 0.606. The van der Waals surface area contributed by atoms with Crippen molar-refractivity contribution in [2.45, 2.75) is 6.42 Å². The topological polar surface area (TPSA) is 74.4 Å². The van der Waals surface area contributed by atoms with E-state index in [2.05, 4.69) is 19.9 Å². The molecule has 4 heterocycles.